The van der Waals surface area contributed by atoms with Gasteiger partial charge in [-0.25, -0.2) is 4.99 Å². The highest BCUT2D eigenvalue weighted by molar-refractivity contribution is 8.13. The summed E-state index contributed by atoms with van der Waals surface area (Å²) in [5.74, 6) is 1.50. The Bertz CT molecular complexity index is 828. The van der Waals surface area contributed by atoms with E-state index in [4.69, 9.17) is 4.74 Å². The van der Waals surface area contributed by atoms with E-state index in [1.807, 2.05) is 73.8 Å². The number of amidine groups is 1. The van der Waals surface area contributed by atoms with Crippen molar-refractivity contribution in [2.24, 2.45) is 4.99 Å². The van der Waals surface area contributed by atoms with Crippen LogP contribution in [0.15, 0.2) is 65.7 Å². The maximum atomic E-state index is 5.46. The molecule has 0 fully saturated rings. The van der Waals surface area contributed by atoms with Crippen LogP contribution in [0.1, 0.15) is 6.92 Å². The average molecular weight is 352 g/mol. The van der Waals surface area contributed by atoms with Gasteiger partial charge in [-0.1, -0.05) is 42.1 Å². The van der Waals surface area contributed by atoms with Gasteiger partial charge < -0.3 is 10.1 Å². The second-order valence-electron chi connectivity index (χ2n) is 5.21. The number of H-pyrrole nitrogens is 1. The van der Waals surface area contributed by atoms with E-state index < -0.39 is 0 Å². The van der Waals surface area contributed by atoms with Gasteiger partial charge in [-0.05, 0) is 43.0 Å². The Morgan fingerprint density at radius 1 is 1.16 bits per heavy atom. The summed E-state index contributed by atoms with van der Waals surface area (Å²) in [7, 11) is 0. The number of aliphatic imine (C=N–C) groups is 1. The van der Waals surface area contributed by atoms with Crippen molar-refractivity contribution < 1.29 is 4.74 Å². The molecule has 2 N–H and O–H groups in total. The summed E-state index contributed by atoms with van der Waals surface area (Å²) in [5, 5.41) is 11.4. The molecule has 0 spiro atoms. The van der Waals surface area contributed by atoms with Gasteiger partial charge in [-0.2, -0.15) is 5.10 Å². The molecule has 3 rings (SSSR count). The van der Waals surface area contributed by atoms with Crippen molar-refractivity contribution in [2.45, 2.75) is 6.92 Å². The lowest BCUT2D eigenvalue weighted by molar-refractivity contribution is 0.340. The summed E-state index contributed by atoms with van der Waals surface area (Å²) < 4.78 is 5.46. The van der Waals surface area contributed by atoms with E-state index in [0.29, 0.717) is 12.4 Å². The molecule has 25 heavy (non-hydrogen) atoms. The van der Waals surface area contributed by atoms with Crippen LogP contribution in [0.3, 0.4) is 0 Å². The fourth-order valence-electron chi connectivity index (χ4n) is 2.29. The summed E-state index contributed by atoms with van der Waals surface area (Å²) in [6.45, 7) is 2.63. The molecular weight excluding hydrogens is 332 g/mol. The lowest BCUT2D eigenvalue weighted by atomic mass is 10.2. The Morgan fingerprint density at radius 2 is 1.92 bits per heavy atom. The van der Waals surface area contributed by atoms with E-state index in [0.717, 1.165) is 27.9 Å². The predicted octanol–water partition coefficient (Wildman–Crippen LogP) is 4.94. The molecule has 0 atom stereocenters. The highest BCUT2D eigenvalue weighted by Crippen LogP contribution is 2.22. The molecule has 0 bridgehead atoms. The largest absolute Gasteiger partial charge is 0.494 e. The third-order valence-electron chi connectivity index (χ3n) is 3.48. The molecule has 0 unspecified atom stereocenters. The number of hydrogen-bond acceptors (Lipinski definition) is 4. The van der Waals surface area contributed by atoms with E-state index >= 15 is 0 Å². The van der Waals surface area contributed by atoms with Gasteiger partial charge in [0.25, 0.3) is 0 Å². The van der Waals surface area contributed by atoms with Gasteiger partial charge in [0.15, 0.2) is 11.0 Å². The highest BCUT2D eigenvalue weighted by Gasteiger charge is 2.05. The number of benzene rings is 2. The van der Waals surface area contributed by atoms with Gasteiger partial charge in [0.05, 0.1) is 12.3 Å². The minimum Gasteiger partial charge on any atom is -0.494 e. The Hall–Kier alpha value is -2.73. The van der Waals surface area contributed by atoms with E-state index in [9.17, 15) is 0 Å². The third-order valence-corrected chi connectivity index (χ3v) is 4.06. The molecule has 0 amide bonds. The lowest BCUT2D eigenvalue weighted by Crippen LogP contribution is -2.06. The van der Waals surface area contributed by atoms with E-state index in [2.05, 4.69) is 20.5 Å². The zero-order chi connectivity index (χ0) is 17.5. The normalized spacial score (nSPS) is 11.4. The molecule has 0 aliphatic heterocycles. The summed E-state index contributed by atoms with van der Waals surface area (Å²) in [6.07, 6.45) is 1.98. The molecular formula is C19H20N4OS. The van der Waals surface area contributed by atoms with Gasteiger partial charge in [-0.3, -0.25) is 5.10 Å². The maximum absolute atomic E-state index is 5.46. The smallest absolute Gasteiger partial charge is 0.176 e. The minimum atomic E-state index is 0.640. The van der Waals surface area contributed by atoms with E-state index in [1.165, 1.54) is 11.8 Å². The Balaban J connectivity index is 1.73. The molecule has 0 aliphatic rings. The van der Waals surface area contributed by atoms with Crippen LogP contribution in [0.25, 0.3) is 11.3 Å². The number of aromatic nitrogens is 2. The van der Waals surface area contributed by atoms with Crippen LogP contribution in [-0.2, 0) is 0 Å². The van der Waals surface area contributed by atoms with Crippen LogP contribution in [0.2, 0.25) is 0 Å². The molecule has 128 valence electrons. The Morgan fingerprint density at radius 3 is 2.60 bits per heavy atom. The number of nitrogens with zero attached hydrogens (tertiary/aromatic N) is 2. The molecule has 0 saturated heterocycles. The monoisotopic (exact) mass is 352 g/mol. The molecule has 5 nitrogen and oxygen atoms in total. The number of hydrogen-bond donors (Lipinski definition) is 2. The predicted molar refractivity (Wildman–Crippen MR) is 106 cm³/mol. The van der Waals surface area contributed by atoms with Gasteiger partial charge in [-0.15, -0.1) is 0 Å². The van der Waals surface area contributed by atoms with Crippen molar-refractivity contribution in [2.75, 3.05) is 18.2 Å². The van der Waals surface area contributed by atoms with Crippen molar-refractivity contribution in [3.63, 3.8) is 0 Å². The van der Waals surface area contributed by atoms with Gasteiger partial charge in [0.1, 0.15) is 5.75 Å². The van der Waals surface area contributed by atoms with Crippen molar-refractivity contribution in [3.8, 4) is 17.0 Å². The fourth-order valence-corrected chi connectivity index (χ4v) is 2.69. The van der Waals surface area contributed by atoms with Crippen molar-refractivity contribution in [3.05, 3.63) is 60.7 Å². The van der Waals surface area contributed by atoms with Gasteiger partial charge in [0, 0.05) is 11.8 Å². The van der Waals surface area contributed by atoms with Crippen molar-refractivity contribution in [1.82, 2.24) is 10.2 Å². The summed E-state index contributed by atoms with van der Waals surface area (Å²) in [5.41, 5.74) is 2.98. The van der Waals surface area contributed by atoms with Gasteiger partial charge in [0.2, 0.25) is 0 Å². The SMILES string of the molecule is CCOc1ccc(NC(=Nc2cc(-c3ccccc3)[nH]n2)SC)cc1. The fraction of sp³-hybridized carbons (Fsp3) is 0.158. The quantitative estimate of drug-likeness (QED) is 0.504. The van der Waals surface area contributed by atoms with Crippen molar-refractivity contribution in [1.29, 1.82) is 0 Å². The zero-order valence-corrected chi connectivity index (χ0v) is 15.0. The first-order valence-electron chi connectivity index (χ1n) is 8.02. The van der Waals surface area contributed by atoms with Crippen molar-refractivity contribution >= 4 is 28.4 Å². The lowest BCUT2D eigenvalue weighted by Gasteiger charge is -2.08. The Labute approximate surface area is 151 Å². The third kappa shape index (κ3) is 4.64. The second-order valence-corrected chi connectivity index (χ2v) is 6.00. The molecule has 0 radical (unpaired) electrons. The number of ether oxygens (including phenoxy) is 1. The van der Waals surface area contributed by atoms with Crippen LogP contribution in [0, 0.1) is 0 Å². The molecule has 1 aromatic heterocycles. The van der Waals surface area contributed by atoms with Crippen LogP contribution in [-0.4, -0.2) is 28.2 Å². The minimum absolute atomic E-state index is 0.640. The maximum Gasteiger partial charge on any atom is 0.176 e. The molecule has 3 aromatic rings. The number of aromatic amines is 1. The second kappa shape index (κ2) is 8.39. The first kappa shape index (κ1) is 17.1. The van der Waals surface area contributed by atoms with Crippen LogP contribution in [0.5, 0.6) is 5.75 Å². The molecule has 0 saturated carbocycles. The highest BCUT2D eigenvalue weighted by atomic mass is 32.2. The zero-order valence-electron chi connectivity index (χ0n) is 14.2. The van der Waals surface area contributed by atoms with Crippen LogP contribution >= 0.6 is 11.8 Å². The summed E-state index contributed by atoms with van der Waals surface area (Å²) in [4.78, 5) is 4.57. The first-order chi connectivity index (χ1) is 12.3. The first-order valence-corrected chi connectivity index (χ1v) is 9.24. The number of thioether (sulfide) groups is 1. The number of nitrogens with one attached hydrogen (secondary N) is 2. The molecule has 6 heteroatoms. The summed E-state index contributed by atoms with van der Waals surface area (Å²) >= 11 is 1.53. The standard InChI is InChI=1S/C19H20N4OS/c1-3-24-16-11-9-15(10-12-16)20-19(25-2)21-18-13-17(22-23-18)14-7-5-4-6-8-14/h4-13H,3H2,1-2H3,(H2,20,21,22,23). The Kier molecular flexibility index (Phi) is 5.74. The average Bonchev–Trinajstić information content (AvgIpc) is 3.12. The molecule has 2 aromatic carbocycles. The topological polar surface area (TPSA) is 62.3 Å². The van der Waals surface area contributed by atoms with Gasteiger partial charge >= 0.3 is 0 Å². The van der Waals surface area contributed by atoms with E-state index in [1.54, 1.807) is 0 Å². The number of anilines is 1. The summed E-state index contributed by atoms with van der Waals surface area (Å²) in [6, 6.07) is 19.8. The number of rotatable bonds is 5. The molecule has 0 aliphatic carbocycles. The van der Waals surface area contributed by atoms with E-state index in [-0.39, 0.29) is 0 Å². The van der Waals surface area contributed by atoms with Crippen LogP contribution in [0.4, 0.5) is 11.5 Å². The van der Waals surface area contributed by atoms with Crippen LogP contribution < -0.4 is 10.1 Å². The molecule has 1 heterocycles.